The molecule has 17 heavy (non-hydrogen) atoms. The molecular weight excluding hydrogens is 218 g/mol. The van der Waals surface area contributed by atoms with E-state index in [0.29, 0.717) is 17.7 Å². The average Bonchev–Trinajstić information content (AvgIpc) is 2.29. The zero-order valence-corrected chi connectivity index (χ0v) is 9.77. The Bertz CT molecular complexity index is 628. The fourth-order valence-corrected chi connectivity index (χ4v) is 1.78. The summed E-state index contributed by atoms with van der Waals surface area (Å²) in [5.41, 5.74) is 1.61. The largest absolute Gasteiger partial charge is 0.462 e. The molecular formula is C13H13NO3. The van der Waals surface area contributed by atoms with Crippen LogP contribution in [0.4, 0.5) is 0 Å². The maximum absolute atomic E-state index is 11.9. The van der Waals surface area contributed by atoms with E-state index in [-0.39, 0.29) is 5.56 Å². The van der Waals surface area contributed by atoms with Gasteiger partial charge in [0.25, 0.3) is 5.56 Å². The molecule has 2 aromatic rings. The van der Waals surface area contributed by atoms with E-state index < -0.39 is 5.97 Å². The summed E-state index contributed by atoms with van der Waals surface area (Å²) in [5, 5.41) is 0. The van der Waals surface area contributed by atoms with E-state index in [1.165, 1.54) is 6.07 Å². The van der Waals surface area contributed by atoms with E-state index >= 15 is 0 Å². The molecule has 0 spiro atoms. The summed E-state index contributed by atoms with van der Waals surface area (Å²) < 4.78 is 6.43. The van der Waals surface area contributed by atoms with Crippen LogP contribution in [0.3, 0.4) is 0 Å². The van der Waals surface area contributed by atoms with E-state index in [1.54, 1.807) is 23.5 Å². The van der Waals surface area contributed by atoms with Crippen molar-refractivity contribution in [2.75, 3.05) is 6.61 Å². The molecule has 4 nitrogen and oxygen atoms in total. The van der Waals surface area contributed by atoms with Gasteiger partial charge in [0.1, 0.15) is 0 Å². The van der Waals surface area contributed by atoms with Crippen molar-refractivity contribution in [3.63, 3.8) is 0 Å². The van der Waals surface area contributed by atoms with Gasteiger partial charge in [-0.25, -0.2) is 4.79 Å². The molecule has 2 aromatic heterocycles. The Hall–Kier alpha value is -2.10. The van der Waals surface area contributed by atoms with Gasteiger partial charge in [-0.15, -0.1) is 0 Å². The molecule has 0 N–H and O–H groups in total. The number of carbonyl (C=O) groups is 1. The van der Waals surface area contributed by atoms with E-state index in [9.17, 15) is 9.59 Å². The highest BCUT2D eigenvalue weighted by Crippen LogP contribution is 2.08. The lowest BCUT2D eigenvalue weighted by molar-refractivity contribution is 0.0526. The average molecular weight is 231 g/mol. The quantitative estimate of drug-likeness (QED) is 0.740. The Morgan fingerprint density at radius 3 is 2.82 bits per heavy atom. The van der Waals surface area contributed by atoms with Crippen LogP contribution in [0, 0.1) is 6.92 Å². The van der Waals surface area contributed by atoms with Gasteiger partial charge < -0.3 is 4.74 Å². The minimum atomic E-state index is -0.464. The molecule has 0 aliphatic carbocycles. The first-order valence-electron chi connectivity index (χ1n) is 5.43. The van der Waals surface area contributed by atoms with Crippen molar-refractivity contribution in [3.05, 3.63) is 51.9 Å². The van der Waals surface area contributed by atoms with Gasteiger partial charge in [0.05, 0.1) is 12.2 Å². The second-order valence-corrected chi connectivity index (χ2v) is 3.73. The van der Waals surface area contributed by atoms with Crippen molar-refractivity contribution >= 4 is 11.5 Å². The monoisotopic (exact) mass is 231 g/mol. The Labute approximate surface area is 98.5 Å². The fourth-order valence-electron chi connectivity index (χ4n) is 1.78. The van der Waals surface area contributed by atoms with E-state index in [2.05, 4.69) is 0 Å². The number of carbonyl (C=O) groups excluding carboxylic acids is 1. The van der Waals surface area contributed by atoms with Gasteiger partial charge in [-0.05, 0) is 32.0 Å². The van der Waals surface area contributed by atoms with Gasteiger partial charge in [-0.3, -0.25) is 9.20 Å². The number of pyridine rings is 2. The summed E-state index contributed by atoms with van der Waals surface area (Å²) >= 11 is 0. The lowest BCUT2D eigenvalue weighted by Gasteiger charge is -2.06. The minimum absolute atomic E-state index is 0.219. The van der Waals surface area contributed by atoms with Gasteiger partial charge >= 0.3 is 5.97 Å². The molecule has 2 rings (SSSR count). The third kappa shape index (κ3) is 2.06. The van der Waals surface area contributed by atoms with Gasteiger partial charge in [-0.2, -0.15) is 0 Å². The number of ether oxygens (including phenoxy) is 1. The molecule has 0 aliphatic heterocycles. The topological polar surface area (TPSA) is 47.8 Å². The molecule has 0 aliphatic rings. The molecule has 0 amide bonds. The van der Waals surface area contributed by atoms with Crippen molar-refractivity contribution in [1.29, 1.82) is 0 Å². The summed E-state index contributed by atoms with van der Waals surface area (Å²) in [4.78, 5) is 23.4. The molecule has 2 heterocycles. The number of fused-ring (bicyclic) bond motifs is 1. The second-order valence-electron chi connectivity index (χ2n) is 3.73. The maximum Gasteiger partial charge on any atom is 0.338 e. The van der Waals surface area contributed by atoms with E-state index in [1.807, 2.05) is 19.1 Å². The number of esters is 1. The van der Waals surface area contributed by atoms with E-state index in [4.69, 9.17) is 4.74 Å². The van der Waals surface area contributed by atoms with Crippen LogP contribution in [-0.2, 0) is 4.74 Å². The Kier molecular flexibility index (Phi) is 2.95. The summed E-state index contributed by atoms with van der Waals surface area (Å²) in [6.07, 6.45) is 0. The van der Waals surface area contributed by atoms with Crippen molar-refractivity contribution < 1.29 is 9.53 Å². The molecule has 88 valence electrons. The van der Waals surface area contributed by atoms with E-state index in [0.717, 1.165) is 5.69 Å². The highest BCUT2D eigenvalue weighted by atomic mass is 16.5. The standard InChI is InChI=1S/C13H13NO3/c1-3-17-13(16)10-7-11-6-4-5-9(2)14(11)12(15)8-10/h4-8H,3H2,1-2H3. The molecule has 0 atom stereocenters. The SMILES string of the molecule is CCOC(=O)c1cc(=O)n2c(C)cccc2c1. The maximum atomic E-state index is 11.9. The van der Waals surface area contributed by atoms with Crippen LogP contribution in [0.25, 0.3) is 5.52 Å². The smallest absolute Gasteiger partial charge is 0.338 e. The van der Waals surface area contributed by atoms with Crippen LogP contribution in [-0.4, -0.2) is 17.0 Å². The highest BCUT2D eigenvalue weighted by Gasteiger charge is 2.09. The lowest BCUT2D eigenvalue weighted by atomic mass is 10.2. The zero-order valence-electron chi connectivity index (χ0n) is 9.77. The molecule has 0 unspecified atom stereocenters. The summed E-state index contributed by atoms with van der Waals surface area (Å²) in [7, 11) is 0. The van der Waals surface area contributed by atoms with Crippen LogP contribution < -0.4 is 5.56 Å². The Balaban J connectivity index is 2.65. The molecule has 0 saturated heterocycles. The number of aromatic nitrogens is 1. The van der Waals surface area contributed by atoms with Crippen molar-refractivity contribution in [2.45, 2.75) is 13.8 Å². The van der Waals surface area contributed by atoms with Crippen molar-refractivity contribution in [1.82, 2.24) is 4.40 Å². The summed E-state index contributed by atoms with van der Waals surface area (Å²) in [6.45, 7) is 3.88. The Morgan fingerprint density at radius 1 is 1.35 bits per heavy atom. The van der Waals surface area contributed by atoms with Crippen LogP contribution in [0.1, 0.15) is 23.0 Å². The summed E-state index contributed by atoms with van der Waals surface area (Å²) in [6, 6.07) is 8.44. The molecule has 4 heteroatoms. The van der Waals surface area contributed by atoms with Crippen LogP contribution in [0.5, 0.6) is 0 Å². The first-order valence-corrected chi connectivity index (χ1v) is 5.43. The molecule has 0 fully saturated rings. The van der Waals surface area contributed by atoms with Crippen LogP contribution >= 0.6 is 0 Å². The first-order chi connectivity index (χ1) is 8.13. The van der Waals surface area contributed by atoms with Gasteiger partial charge in [0.15, 0.2) is 0 Å². The highest BCUT2D eigenvalue weighted by molar-refractivity contribution is 5.90. The number of rotatable bonds is 2. The normalized spacial score (nSPS) is 10.5. The molecule has 0 radical (unpaired) electrons. The number of aryl methyl sites for hydroxylation is 1. The predicted octanol–water partition coefficient (Wildman–Crippen LogP) is 1.78. The van der Waals surface area contributed by atoms with Crippen LogP contribution in [0.2, 0.25) is 0 Å². The zero-order chi connectivity index (χ0) is 12.4. The predicted molar refractivity (Wildman–Crippen MR) is 64.4 cm³/mol. The fraction of sp³-hybridized carbons (Fsp3) is 0.231. The van der Waals surface area contributed by atoms with Crippen LogP contribution in [0.15, 0.2) is 35.1 Å². The molecule has 0 bridgehead atoms. The lowest BCUT2D eigenvalue weighted by Crippen LogP contribution is -2.18. The summed E-state index contributed by atoms with van der Waals surface area (Å²) in [5.74, 6) is -0.464. The van der Waals surface area contributed by atoms with Gasteiger partial charge in [0.2, 0.25) is 0 Å². The molecule has 0 saturated carbocycles. The number of hydrogen-bond acceptors (Lipinski definition) is 3. The third-order valence-corrected chi connectivity index (χ3v) is 2.53. The third-order valence-electron chi connectivity index (χ3n) is 2.53. The van der Waals surface area contributed by atoms with Gasteiger partial charge in [-0.1, -0.05) is 6.07 Å². The number of hydrogen-bond donors (Lipinski definition) is 0. The van der Waals surface area contributed by atoms with Crippen molar-refractivity contribution in [3.8, 4) is 0 Å². The number of nitrogens with zero attached hydrogens (tertiary/aromatic N) is 1. The second kappa shape index (κ2) is 4.41. The van der Waals surface area contributed by atoms with Crippen molar-refractivity contribution in [2.24, 2.45) is 0 Å². The Morgan fingerprint density at radius 2 is 2.12 bits per heavy atom. The first kappa shape index (κ1) is 11.4. The van der Waals surface area contributed by atoms with Gasteiger partial charge in [0, 0.05) is 17.3 Å². The minimum Gasteiger partial charge on any atom is -0.462 e. The molecule has 0 aromatic carbocycles.